The largest absolute Gasteiger partial charge is 0.324 e. The van der Waals surface area contributed by atoms with Crippen LogP contribution in [0.4, 0.5) is 0 Å². The SMILES string of the molecule is CCc1nn(CCSc2ccccc2)c(CC)c1C(C)N. The van der Waals surface area contributed by atoms with Gasteiger partial charge in [0.25, 0.3) is 0 Å². The topological polar surface area (TPSA) is 43.8 Å². The minimum Gasteiger partial charge on any atom is -0.324 e. The Hall–Kier alpha value is -1.26. The number of rotatable bonds is 7. The number of thioether (sulfide) groups is 1. The van der Waals surface area contributed by atoms with Crippen molar-refractivity contribution in [1.29, 1.82) is 0 Å². The van der Waals surface area contributed by atoms with Crippen LogP contribution >= 0.6 is 11.8 Å². The van der Waals surface area contributed by atoms with Crippen molar-refractivity contribution >= 4 is 11.8 Å². The lowest BCUT2D eigenvalue weighted by Gasteiger charge is -2.10. The zero-order valence-corrected chi connectivity index (χ0v) is 14.0. The molecule has 0 aliphatic heterocycles. The summed E-state index contributed by atoms with van der Waals surface area (Å²) in [5, 5.41) is 4.78. The summed E-state index contributed by atoms with van der Waals surface area (Å²) in [6.45, 7) is 7.32. The summed E-state index contributed by atoms with van der Waals surface area (Å²) in [5.74, 6) is 1.03. The molecule has 1 atom stereocenters. The molecule has 1 heterocycles. The molecular formula is C17H25N3S. The van der Waals surface area contributed by atoms with Crippen LogP contribution in [0.25, 0.3) is 0 Å². The molecule has 0 saturated heterocycles. The third-order valence-corrected chi connectivity index (χ3v) is 4.61. The fraction of sp³-hybridized carbons (Fsp3) is 0.471. The molecule has 0 radical (unpaired) electrons. The molecule has 1 aromatic carbocycles. The average molecular weight is 303 g/mol. The number of nitrogens with two attached hydrogens (primary N) is 1. The van der Waals surface area contributed by atoms with Crippen molar-refractivity contribution in [2.75, 3.05) is 5.75 Å². The third kappa shape index (κ3) is 3.89. The first-order valence-corrected chi connectivity index (χ1v) is 8.67. The standard InChI is InChI=1S/C17H25N3S/c1-4-15-17(13(3)18)16(5-2)20(19-15)11-12-21-14-9-7-6-8-10-14/h6-10,13H,4-5,11-12,18H2,1-3H3. The van der Waals surface area contributed by atoms with E-state index in [4.69, 9.17) is 10.8 Å². The lowest BCUT2D eigenvalue weighted by Crippen LogP contribution is -2.11. The van der Waals surface area contributed by atoms with Crippen LogP contribution in [0.5, 0.6) is 0 Å². The summed E-state index contributed by atoms with van der Waals surface area (Å²) in [5.41, 5.74) is 9.86. The van der Waals surface area contributed by atoms with Crippen LogP contribution in [0.15, 0.2) is 35.2 Å². The Morgan fingerprint density at radius 1 is 1.19 bits per heavy atom. The molecular weight excluding hydrogens is 278 g/mol. The van der Waals surface area contributed by atoms with Crippen molar-refractivity contribution in [3.8, 4) is 0 Å². The molecule has 0 fully saturated rings. The van der Waals surface area contributed by atoms with Crippen molar-refractivity contribution in [1.82, 2.24) is 9.78 Å². The van der Waals surface area contributed by atoms with Gasteiger partial charge in [-0.05, 0) is 31.9 Å². The van der Waals surface area contributed by atoms with Crippen LogP contribution in [0.1, 0.15) is 43.8 Å². The van der Waals surface area contributed by atoms with Gasteiger partial charge in [-0.15, -0.1) is 11.8 Å². The van der Waals surface area contributed by atoms with E-state index in [9.17, 15) is 0 Å². The van der Waals surface area contributed by atoms with E-state index < -0.39 is 0 Å². The molecule has 0 saturated carbocycles. The number of aryl methyl sites for hydroxylation is 2. The van der Waals surface area contributed by atoms with E-state index >= 15 is 0 Å². The summed E-state index contributed by atoms with van der Waals surface area (Å²) >= 11 is 1.87. The van der Waals surface area contributed by atoms with E-state index in [0.29, 0.717) is 0 Å². The maximum Gasteiger partial charge on any atom is 0.0672 e. The minimum absolute atomic E-state index is 0.0606. The first-order valence-electron chi connectivity index (χ1n) is 7.69. The maximum atomic E-state index is 6.14. The Bertz CT molecular complexity index is 561. The van der Waals surface area contributed by atoms with Gasteiger partial charge in [0.05, 0.1) is 12.2 Å². The predicted molar refractivity (Wildman–Crippen MR) is 90.8 cm³/mol. The van der Waals surface area contributed by atoms with Crippen molar-refractivity contribution in [2.24, 2.45) is 5.73 Å². The first-order chi connectivity index (χ1) is 10.2. The molecule has 1 unspecified atom stereocenters. The van der Waals surface area contributed by atoms with Gasteiger partial charge >= 0.3 is 0 Å². The average Bonchev–Trinajstić information content (AvgIpc) is 2.86. The Labute approximate surface area is 131 Å². The molecule has 0 spiro atoms. The number of hydrogen-bond acceptors (Lipinski definition) is 3. The number of hydrogen-bond donors (Lipinski definition) is 1. The first kappa shape index (κ1) is 16.1. The molecule has 4 heteroatoms. The lowest BCUT2D eigenvalue weighted by atomic mass is 10.0. The molecule has 2 rings (SSSR count). The van der Waals surface area contributed by atoms with Gasteiger partial charge in [-0.25, -0.2) is 0 Å². The molecule has 3 nitrogen and oxygen atoms in total. The molecule has 2 N–H and O–H groups in total. The molecule has 114 valence electrons. The van der Waals surface area contributed by atoms with E-state index in [1.54, 1.807) is 0 Å². The van der Waals surface area contributed by atoms with Gasteiger partial charge in [0.1, 0.15) is 0 Å². The monoisotopic (exact) mass is 303 g/mol. The van der Waals surface area contributed by atoms with Crippen LogP contribution in [0.2, 0.25) is 0 Å². The highest BCUT2D eigenvalue weighted by molar-refractivity contribution is 7.99. The second kappa shape index (κ2) is 7.66. The van der Waals surface area contributed by atoms with Gasteiger partial charge in [0, 0.05) is 27.9 Å². The van der Waals surface area contributed by atoms with Crippen LogP contribution < -0.4 is 5.73 Å². The lowest BCUT2D eigenvalue weighted by molar-refractivity contribution is 0.620. The van der Waals surface area contributed by atoms with E-state index in [1.165, 1.54) is 16.2 Å². The Morgan fingerprint density at radius 3 is 2.48 bits per heavy atom. The second-order valence-electron chi connectivity index (χ2n) is 5.19. The van der Waals surface area contributed by atoms with Crippen molar-refractivity contribution in [3.63, 3.8) is 0 Å². The summed E-state index contributed by atoms with van der Waals surface area (Å²) in [4.78, 5) is 1.31. The van der Waals surface area contributed by atoms with E-state index in [2.05, 4.69) is 55.8 Å². The van der Waals surface area contributed by atoms with Crippen molar-refractivity contribution in [2.45, 2.75) is 51.1 Å². The highest BCUT2D eigenvalue weighted by Crippen LogP contribution is 2.23. The summed E-state index contributed by atoms with van der Waals surface area (Å²) in [7, 11) is 0. The molecule has 21 heavy (non-hydrogen) atoms. The summed E-state index contributed by atoms with van der Waals surface area (Å²) < 4.78 is 2.16. The normalized spacial score (nSPS) is 12.6. The molecule has 1 aromatic heterocycles. The predicted octanol–water partition coefficient (Wildman–Crippen LogP) is 3.82. The van der Waals surface area contributed by atoms with Gasteiger partial charge in [0.15, 0.2) is 0 Å². The van der Waals surface area contributed by atoms with E-state index in [-0.39, 0.29) is 6.04 Å². The highest BCUT2D eigenvalue weighted by Gasteiger charge is 2.17. The number of benzene rings is 1. The van der Waals surface area contributed by atoms with Crippen LogP contribution in [-0.4, -0.2) is 15.5 Å². The second-order valence-corrected chi connectivity index (χ2v) is 6.36. The fourth-order valence-corrected chi connectivity index (χ4v) is 3.53. The molecule has 0 bridgehead atoms. The summed E-state index contributed by atoms with van der Waals surface area (Å²) in [6.07, 6.45) is 1.93. The number of aromatic nitrogens is 2. The van der Waals surface area contributed by atoms with Crippen LogP contribution in [0, 0.1) is 0 Å². The third-order valence-electron chi connectivity index (χ3n) is 3.61. The summed E-state index contributed by atoms with van der Waals surface area (Å²) in [6, 6.07) is 10.6. The highest BCUT2D eigenvalue weighted by atomic mass is 32.2. The van der Waals surface area contributed by atoms with E-state index in [1.807, 2.05) is 11.8 Å². The van der Waals surface area contributed by atoms with Crippen LogP contribution in [0.3, 0.4) is 0 Å². The maximum absolute atomic E-state index is 6.14. The smallest absolute Gasteiger partial charge is 0.0672 e. The van der Waals surface area contributed by atoms with Gasteiger partial charge in [0.2, 0.25) is 0 Å². The Balaban J connectivity index is 2.09. The van der Waals surface area contributed by atoms with Gasteiger partial charge in [-0.2, -0.15) is 5.10 Å². The zero-order valence-electron chi connectivity index (χ0n) is 13.2. The van der Waals surface area contributed by atoms with Gasteiger partial charge < -0.3 is 5.73 Å². The molecule has 2 aromatic rings. The van der Waals surface area contributed by atoms with Crippen molar-refractivity contribution < 1.29 is 0 Å². The fourth-order valence-electron chi connectivity index (χ4n) is 2.68. The minimum atomic E-state index is 0.0606. The zero-order chi connectivity index (χ0) is 15.2. The van der Waals surface area contributed by atoms with Gasteiger partial charge in [-0.3, -0.25) is 4.68 Å². The molecule has 0 aliphatic rings. The van der Waals surface area contributed by atoms with E-state index in [0.717, 1.165) is 30.8 Å². The van der Waals surface area contributed by atoms with Crippen molar-refractivity contribution in [3.05, 3.63) is 47.3 Å². The van der Waals surface area contributed by atoms with Crippen LogP contribution in [-0.2, 0) is 19.4 Å². The quantitative estimate of drug-likeness (QED) is 0.791. The molecule has 0 aliphatic carbocycles. The molecule has 0 amide bonds. The number of nitrogens with zero attached hydrogens (tertiary/aromatic N) is 2. The Kier molecular flexibility index (Phi) is 5.88. The Morgan fingerprint density at radius 2 is 1.90 bits per heavy atom. The van der Waals surface area contributed by atoms with Gasteiger partial charge in [-0.1, -0.05) is 32.0 Å².